The fourth-order valence-corrected chi connectivity index (χ4v) is 3.11. The lowest BCUT2D eigenvalue weighted by Gasteiger charge is -2.21. The number of aryl methyl sites for hydroxylation is 1. The summed E-state index contributed by atoms with van der Waals surface area (Å²) < 4.78 is 0. The van der Waals surface area contributed by atoms with Crippen LogP contribution in [0, 0.1) is 12.8 Å². The van der Waals surface area contributed by atoms with E-state index >= 15 is 0 Å². The fraction of sp³-hybridized carbons (Fsp3) is 0.571. The number of rotatable bonds is 2. The number of anilines is 1. The molecule has 2 aromatic rings. The highest BCUT2D eigenvalue weighted by atomic mass is 15.0. The number of nitrogen functional groups attached to an aromatic ring is 1. The number of fused-ring (bicyclic) bond motifs is 1. The second-order valence-electron chi connectivity index (χ2n) is 5.40. The van der Waals surface area contributed by atoms with Crippen LogP contribution in [0.1, 0.15) is 43.5 Å². The van der Waals surface area contributed by atoms with Gasteiger partial charge in [-0.2, -0.15) is 0 Å². The van der Waals surface area contributed by atoms with Crippen molar-refractivity contribution in [1.29, 1.82) is 0 Å². The predicted octanol–water partition coefficient (Wildman–Crippen LogP) is 2.97. The van der Waals surface area contributed by atoms with Gasteiger partial charge in [0, 0.05) is 6.20 Å². The Kier molecular flexibility index (Phi) is 2.94. The van der Waals surface area contributed by atoms with E-state index in [-0.39, 0.29) is 0 Å². The van der Waals surface area contributed by atoms with Crippen molar-refractivity contribution in [1.82, 2.24) is 15.0 Å². The first kappa shape index (κ1) is 11.5. The summed E-state index contributed by atoms with van der Waals surface area (Å²) in [6.45, 7) is 1.87. The van der Waals surface area contributed by atoms with Crippen molar-refractivity contribution in [3.05, 3.63) is 17.6 Å². The molecular formula is C14H20N4. The number of H-pyrrole nitrogens is 1. The van der Waals surface area contributed by atoms with Crippen LogP contribution in [0.15, 0.2) is 6.20 Å². The van der Waals surface area contributed by atoms with E-state index in [4.69, 9.17) is 5.73 Å². The minimum Gasteiger partial charge on any atom is -0.383 e. The zero-order valence-electron chi connectivity index (χ0n) is 10.9. The summed E-state index contributed by atoms with van der Waals surface area (Å²) in [5, 5.41) is 1.03. The number of hydrogen-bond donors (Lipinski definition) is 2. The Labute approximate surface area is 107 Å². The van der Waals surface area contributed by atoms with Gasteiger partial charge in [-0.1, -0.05) is 32.1 Å². The van der Waals surface area contributed by atoms with Gasteiger partial charge in [-0.25, -0.2) is 9.97 Å². The van der Waals surface area contributed by atoms with E-state index < -0.39 is 0 Å². The highest BCUT2D eigenvalue weighted by Crippen LogP contribution is 2.30. The third kappa shape index (κ3) is 2.07. The summed E-state index contributed by atoms with van der Waals surface area (Å²) in [5.41, 5.74) is 8.20. The first-order chi connectivity index (χ1) is 8.74. The Morgan fingerprint density at radius 3 is 2.83 bits per heavy atom. The number of nitrogens with zero attached hydrogens (tertiary/aromatic N) is 2. The molecule has 4 nitrogen and oxygen atoms in total. The third-order valence-corrected chi connectivity index (χ3v) is 3.99. The van der Waals surface area contributed by atoms with Crippen molar-refractivity contribution in [2.45, 2.75) is 45.4 Å². The molecule has 0 amide bonds. The molecule has 1 aliphatic carbocycles. The maximum Gasteiger partial charge on any atom is 0.143 e. The molecular weight excluding hydrogens is 224 g/mol. The molecule has 2 heterocycles. The average molecular weight is 244 g/mol. The number of aromatic amines is 1. The summed E-state index contributed by atoms with van der Waals surface area (Å²) in [7, 11) is 0. The fourth-order valence-electron chi connectivity index (χ4n) is 3.11. The van der Waals surface area contributed by atoms with Crippen molar-refractivity contribution >= 4 is 16.9 Å². The average Bonchev–Trinajstić information content (AvgIpc) is 2.73. The largest absolute Gasteiger partial charge is 0.383 e. The second kappa shape index (κ2) is 4.59. The van der Waals surface area contributed by atoms with Crippen LogP contribution in [0.2, 0.25) is 0 Å². The molecule has 0 aliphatic heterocycles. The molecule has 0 unspecified atom stereocenters. The Bertz CT molecular complexity index is 552. The predicted molar refractivity (Wildman–Crippen MR) is 73.3 cm³/mol. The zero-order valence-corrected chi connectivity index (χ0v) is 10.9. The van der Waals surface area contributed by atoms with E-state index in [1.165, 1.54) is 37.7 Å². The molecule has 96 valence electrons. The van der Waals surface area contributed by atoms with Gasteiger partial charge in [-0.15, -0.1) is 0 Å². The first-order valence-corrected chi connectivity index (χ1v) is 6.84. The SMILES string of the molecule is Cc1nc(N)c2c(CC3CCCCC3)c[nH]c2n1. The number of nitrogens with one attached hydrogen (secondary N) is 1. The summed E-state index contributed by atoms with van der Waals surface area (Å²) in [4.78, 5) is 11.9. The van der Waals surface area contributed by atoms with Crippen LogP contribution in [0.4, 0.5) is 5.82 Å². The molecule has 0 aromatic carbocycles. The van der Waals surface area contributed by atoms with Gasteiger partial charge in [0.2, 0.25) is 0 Å². The summed E-state index contributed by atoms with van der Waals surface area (Å²) in [6.07, 6.45) is 10.0. The third-order valence-electron chi connectivity index (χ3n) is 3.99. The smallest absolute Gasteiger partial charge is 0.143 e. The number of nitrogens with two attached hydrogens (primary N) is 1. The molecule has 0 spiro atoms. The maximum atomic E-state index is 6.04. The molecule has 4 heteroatoms. The normalized spacial score (nSPS) is 17.4. The molecule has 18 heavy (non-hydrogen) atoms. The molecule has 1 fully saturated rings. The molecule has 0 saturated heterocycles. The molecule has 1 aliphatic rings. The summed E-state index contributed by atoms with van der Waals surface area (Å²) in [6, 6.07) is 0. The molecule has 0 radical (unpaired) electrons. The molecule has 0 atom stereocenters. The lowest BCUT2D eigenvalue weighted by Crippen LogP contribution is -2.09. The van der Waals surface area contributed by atoms with Crippen LogP contribution in [-0.2, 0) is 6.42 Å². The van der Waals surface area contributed by atoms with Gasteiger partial charge in [0.1, 0.15) is 17.3 Å². The summed E-state index contributed by atoms with van der Waals surface area (Å²) in [5.74, 6) is 2.15. The summed E-state index contributed by atoms with van der Waals surface area (Å²) >= 11 is 0. The van der Waals surface area contributed by atoms with Gasteiger partial charge in [-0.3, -0.25) is 0 Å². The van der Waals surface area contributed by atoms with Crippen LogP contribution in [0.25, 0.3) is 11.0 Å². The molecule has 3 rings (SSSR count). The van der Waals surface area contributed by atoms with Crippen molar-refractivity contribution in [2.75, 3.05) is 5.73 Å². The lowest BCUT2D eigenvalue weighted by molar-refractivity contribution is 0.357. The van der Waals surface area contributed by atoms with E-state index in [1.807, 2.05) is 6.92 Å². The lowest BCUT2D eigenvalue weighted by atomic mass is 9.85. The Balaban J connectivity index is 1.92. The van der Waals surface area contributed by atoms with Crippen molar-refractivity contribution < 1.29 is 0 Å². The van der Waals surface area contributed by atoms with E-state index in [2.05, 4.69) is 21.1 Å². The standard InChI is InChI=1S/C14H20N4/c1-9-17-13(15)12-11(8-16-14(12)18-9)7-10-5-3-2-4-6-10/h8,10H,2-7H2,1H3,(H3,15,16,17,18). The van der Waals surface area contributed by atoms with Gasteiger partial charge in [-0.05, 0) is 24.8 Å². The molecule has 2 aromatic heterocycles. The van der Waals surface area contributed by atoms with E-state index in [1.54, 1.807) is 0 Å². The topological polar surface area (TPSA) is 67.6 Å². The minimum atomic E-state index is 0.615. The highest BCUT2D eigenvalue weighted by Gasteiger charge is 2.17. The first-order valence-electron chi connectivity index (χ1n) is 6.84. The van der Waals surface area contributed by atoms with E-state index in [0.29, 0.717) is 5.82 Å². The van der Waals surface area contributed by atoms with Crippen LogP contribution in [0.5, 0.6) is 0 Å². The van der Waals surface area contributed by atoms with Crippen molar-refractivity contribution in [3.63, 3.8) is 0 Å². The van der Waals surface area contributed by atoms with E-state index in [0.717, 1.165) is 29.2 Å². The Morgan fingerprint density at radius 2 is 2.06 bits per heavy atom. The maximum absolute atomic E-state index is 6.04. The minimum absolute atomic E-state index is 0.615. The van der Waals surface area contributed by atoms with Crippen LogP contribution >= 0.6 is 0 Å². The number of aromatic nitrogens is 3. The highest BCUT2D eigenvalue weighted by molar-refractivity contribution is 5.89. The van der Waals surface area contributed by atoms with Crippen LogP contribution < -0.4 is 5.73 Å². The molecule has 1 saturated carbocycles. The van der Waals surface area contributed by atoms with Crippen molar-refractivity contribution in [3.8, 4) is 0 Å². The van der Waals surface area contributed by atoms with Crippen LogP contribution in [-0.4, -0.2) is 15.0 Å². The van der Waals surface area contributed by atoms with E-state index in [9.17, 15) is 0 Å². The number of hydrogen-bond acceptors (Lipinski definition) is 3. The van der Waals surface area contributed by atoms with Gasteiger partial charge < -0.3 is 10.7 Å². The Morgan fingerprint density at radius 1 is 1.28 bits per heavy atom. The second-order valence-corrected chi connectivity index (χ2v) is 5.40. The quantitative estimate of drug-likeness (QED) is 0.853. The van der Waals surface area contributed by atoms with Gasteiger partial charge >= 0.3 is 0 Å². The van der Waals surface area contributed by atoms with Gasteiger partial charge in [0.15, 0.2) is 0 Å². The Hall–Kier alpha value is -1.58. The van der Waals surface area contributed by atoms with Gasteiger partial charge in [0.25, 0.3) is 0 Å². The molecule has 3 N–H and O–H groups in total. The zero-order chi connectivity index (χ0) is 12.5. The van der Waals surface area contributed by atoms with Crippen LogP contribution in [0.3, 0.4) is 0 Å². The van der Waals surface area contributed by atoms with Crippen molar-refractivity contribution in [2.24, 2.45) is 5.92 Å². The molecule has 0 bridgehead atoms. The van der Waals surface area contributed by atoms with Gasteiger partial charge in [0.05, 0.1) is 5.39 Å². The monoisotopic (exact) mass is 244 g/mol.